The van der Waals surface area contributed by atoms with Crippen molar-refractivity contribution in [1.82, 2.24) is 10.6 Å². The molecule has 0 spiro atoms. The van der Waals surface area contributed by atoms with Crippen molar-refractivity contribution in [2.24, 2.45) is 5.92 Å². The van der Waals surface area contributed by atoms with E-state index in [4.69, 9.17) is 0 Å². The standard InChI is InChI=1S/C18H26N2O/c1-19-17(9-6-13-4-2-3-5-13)15-8-7-14-10-11-20-18(21)16(14)12-15/h7-8,12-13,17,19H,2-6,9-11H2,1H3,(H,20,21). The molecule has 1 aromatic rings. The van der Waals surface area contributed by atoms with Crippen LogP contribution in [-0.2, 0) is 6.42 Å². The molecule has 1 saturated carbocycles. The van der Waals surface area contributed by atoms with E-state index in [1.165, 1.54) is 49.7 Å². The Kier molecular flexibility index (Phi) is 4.59. The molecule has 3 nitrogen and oxygen atoms in total. The summed E-state index contributed by atoms with van der Waals surface area (Å²) in [4.78, 5) is 12.0. The molecular formula is C18H26N2O. The van der Waals surface area contributed by atoms with Crippen LogP contribution in [0, 0.1) is 5.92 Å². The van der Waals surface area contributed by atoms with Crippen molar-refractivity contribution in [2.45, 2.75) is 51.0 Å². The first-order valence-electron chi connectivity index (χ1n) is 8.36. The Morgan fingerprint density at radius 3 is 2.90 bits per heavy atom. The van der Waals surface area contributed by atoms with E-state index in [0.717, 1.165) is 24.4 Å². The van der Waals surface area contributed by atoms with Gasteiger partial charge in [-0.25, -0.2) is 0 Å². The Morgan fingerprint density at radius 1 is 1.33 bits per heavy atom. The Balaban J connectivity index is 1.71. The van der Waals surface area contributed by atoms with Gasteiger partial charge in [0.25, 0.3) is 5.91 Å². The second-order valence-electron chi connectivity index (χ2n) is 6.49. The monoisotopic (exact) mass is 286 g/mol. The molecule has 0 bridgehead atoms. The van der Waals surface area contributed by atoms with Crippen LogP contribution in [0.2, 0.25) is 0 Å². The minimum Gasteiger partial charge on any atom is -0.352 e. The lowest BCUT2D eigenvalue weighted by molar-refractivity contribution is 0.0946. The highest BCUT2D eigenvalue weighted by atomic mass is 16.1. The molecule has 1 amide bonds. The highest BCUT2D eigenvalue weighted by Gasteiger charge is 2.21. The molecule has 0 radical (unpaired) electrons. The van der Waals surface area contributed by atoms with Crippen LogP contribution in [0.4, 0.5) is 0 Å². The van der Waals surface area contributed by atoms with Gasteiger partial charge in [-0.1, -0.05) is 37.8 Å². The van der Waals surface area contributed by atoms with Crippen LogP contribution >= 0.6 is 0 Å². The maximum Gasteiger partial charge on any atom is 0.251 e. The van der Waals surface area contributed by atoms with Gasteiger partial charge in [-0.05, 0) is 49.4 Å². The fourth-order valence-corrected chi connectivity index (χ4v) is 3.83. The molecule has 0 saturated heterocycles. The second-order valence-corrected chi connectivity index (χ2v) is 6.49. The molecule has 3 rings (SSSR count). The fourth-order valence-electron chi connectivity index (χ4n) is 3.83. The molecule has 1 heterocycles. The lowest BCUT2D eigenvalue weighted by Crippen LogP contribution is -2.32. The number of hydrogen-bond acceptors (Lipinski definition) is 2. The topological polar surface area (TPSA) is 41.1 Å². The Bertz CT molecular complexity index is 506. The van der Waals surface area contributed by atoms with Gasteiger partial charge in [-0.15, -0.1) is 0 Å². The molecule has 3 heteroatoms. The van der Waals surface area contributed by atoms with E-state index in [2.05, 4.69) is 28.8 Å². The summed E-state index contributed by atoms with van der Waals surface area (Å²) in [5.74, 6) is 1.01. The largest absolute Gasteiger partial charge is 0.352 e. The van der Waals surface area contributed by atoms with Gasteiger partial charge in [0.15, 0.2) is 0 Å². The van der Waals surface area contributed by atoms with Crippen LogP contribution in [0.25, 0.3) is 0 Å². The normalized spacial score (nSPS) is 20.1. The summed E-state index contributed by atoms with van der Waals surface area (Å²) in [7, 11) is 2.03. The van der Waals surface area contributed by atoms with E-state index in [1.807, 2.05) is 7.05 Å². The van der Waals surface area contributed by atoms with Crippen molar-refractivity contribution < 1.29 is 4.79 Å². The maximum absolute atomic E-state index is 12.0. The summed E-state index contributed by atoms with van der Waals surface area (Å²) in [6, 6.07) is 6.81. The summed E-state index contributed by atoms with van der Waals surface area (Å²) >= 11 is 0. The number of rotatable bonds is 5. The minimum absolute atomic E-state index is 0.0868. The fraction of sp³-hybridized carbons (Fsp3) is 0.611. The second kappa shape index (κ2) is 6.61. The molecule has 1 atom stereocenters. The first-order valence-corrected chi connectivity index (χ1v) is 8.36. The minimum atomic E-state index is 0.0868. The van der Waals surface area contributed by atoms with Crippen molar-refractivity contribution in [1.29, 1.82) is 0 Å². The van der Waals surface area contributed by atoms with Gasteiger partial charge >= 0.3 is 0 Å². The first kappa shape index (κ1) is 14.6. The Hall–Kier alpha value is -1.35. The molecule has 21 heavy (non-hydrogen) atoms. The molecule has 114 valence electrons. The molecule has 1 aromatic carbocycles. The zero-order valence-electron chi connectivity index (χ0n) is 13.0. The third kappa shape index (κ3) is 3.29. The molecule has 1 aliphatic heterocycles. The SMILES string of the molecule is CNC(CCC1CCCC1)c1ccc2c(c1)C(=O)NCC2. The molecule has 2 aliphatic rings. The van der Waals surface area contributed by atoms with Gasteiger partial charge in [0.2, 0.25) is 0 Å². The van der Waals surface area contributed by atoms with Gasteiger partial charge in [0.1, 0.15) is 0 Å². The van der Waals surface area contributed by atoms with Crippen molar-refractivity contribution in [3.8, 4) is 0 Å². The first-order chi connectivity index (χ1) is 10.3. The summed E-state index contributed by atoms with van der Waals surface area (Å²) < 4.78 is 0. The number of carbonyl (C=O) groups excluding carboxylic acids is 1. The zero-order chi connectivity index (χ0) is 14.7. The van der Waals surface area contributed by atoms with E-state index in [1.54, 1.807) is 0 Å². The summed E-state index contributed by atoms with van der Waals surface area (Å²) in [6.07, 6.45) is 9.05. The lowest BCUT2D eigenvalue weighted by Gasteiger charge is -2.22. The third-order valence-electron chi connectivity index (χ3n) is 5.15. The average Bonchev–Trinajstić information content (AvgIpc) is 3.02. The van der Waals surface area contributed by atoms with E-state index in [0.29, 0.717) is 6.04 Å². The highest BCUT2D eigenvalue weighted by Crippen LogP contribution is 2.32. The van der Waals surface area contributed by atoms with Gasteiger partial charge in [0.05, 0.1) is 0 Å². The Morgan fingerprint density at radius 2 is 2.14 bits per heavy atom. The molecule has 2 N–H and O–H groups in total. The van der Waals surface area contributed by atoms with Crippen molar-refractivity contribution >= 4 is 5.91 Å². The van der Waals surface area contributed by atoms with Crippen LogP contribution in [0.1, 0.15) is 66.1 Å². The third-order valence-corrected chi connectivity index (χ3v) is 5.15. The molecule has 1 fully saturated rings. The zero-order valence-corrected chi connectivity index (χ0v) is 13.0. The lowest BCUT2D eigenvalue weighted by atomic mass is 9.91. The van der Waals surface area contributed by atoms with E-state index in [9.17, 15) is 4.79 Å². The number of fused-ring (bicyclic) bond motifs is 1. The summed E-state index contributed by atoms with van der Waals surface area (Å²) in [5, 5.41) is 6.37. The average molecular weight is 286 g/mol. The molecule has 1 aliphatic carbocycles. The van der Waals surface area contributed by atoms with Crippen LogP contribution in [0.5, 0.6) is 0 Å². The predicted molar refractivity (Wildman–Crippen MR) is 85.5 cm³/mol. The van der Waals surface area contributed by atoms with Gasteiger partial charge in [0, 0.05) is 18.2 Å². The Labute approximate surface area is 127 Å². The number of carbonyl (C=O) groups is 1. The molecule has 1 unspecified atom stereocenters. The quantitative estimate of drug-likeness (QED) is 0.872. The van der Waals surface area contributed by atoms with E-state index in [-0.39, 0.29) is 5.91 Å². The number of nitrogens with one attached hydrogen (secondary N) is 2. The number of hydrogen-bond donors (Lipinski definition) is 2. The maximum atomic E-state index is 12.0. The molecular weight excluding hydrogens is 260 g/mol. The van der Waals surface area contributed by atoms with Crippen LogP contribution < -0.4 is 10.6 Å². The number of amides is 1. The summed E-state index contributed by atoms with van der Waals surface area (Å²) in [6.45, 7) is 0.766. The smallest absolute Gasteiger partial charge is 0.251 e. The van der Waals surface area contributed by atoms with Crippen molar-refractivity contribution in [2.75, 3.05) is 13.6 Å². The van der Waals surface area contributed by atoms with Crippen molar-refractivity contribution in [3.63, 3.8) is 0 Å². The van der Waals surface area contributed by atoms with Crippen LogP contribution in [0.15, 0.2) is 18.2 Å². The van der Waals surface area contributed by atoms with Gasteiger partial charge < -0.3 is 10.6 Å². The van der Waals surface area contributed by atoms with Gasteiger partial charge in [-0.3, -0.25) is 4.79 Å². The van der Waals surface area contributed by atoms with Gasteiger partial charge in [-0.2, -0.15) is 0 Å². The predicted octanol–water partition coefficient (Wildman–Crippen LogP) is 3.20. The van der Waals surface area contributed by atoms with E-state index < -0.39 is 0 Å². The van der Waals surface area contributed by atoms with Crippen molar-refractivity contribution in [3.05, 3.63) is 34.9 Å². The van der Waals surface area contributed by atoms with E-state index >= 15 is 0 Å². The van der Waals surface area contributed by atoms with Crippen LogP contribution in [-0.4, -0.2) is 19.5 Å². The highest BCUT2D eigenvalue weighted by molar-refractivity contribution is 5.96. The summed E-state index contributed by atoms with van der Waals surface area (Å²) in [5.41, 5.74) is 3.32. The number of benzene rings is 1. The van der Waals surface area contributed by atoms with Crippen LogP contribution in [0.3, 0.4) is 0 Å². The molecule has 0 aromatic heterocycles.